The number of nitrogens with zero attached hydrogens (tertiary/aromatic N) is 1. The van der Waals surface area contributed by atoms with Crippen LogP contribution in [0.5, 0.6) is 0 Å². The second-order valence-electron chi connectivity index (χ2n) is 5.74. The van der Waals surface area contributed by atoms with Crippen LogP contribution >= 0.6 is 11.8 Å². The van der Waals surface area contributed by atoms with Crippen LogP contribution in [0.1, 0.15) is 31.2 Å². The fourth-order valence-corrected chi connectivity index (χ4v) is 3.66. The molecule has 0 aliphatic heterocycles. The molecule has 1 saturated carbocycles. The lowest BCUT2D eigenvalue weighted by Gasteiger charge is -2.17. The summed E-state index contributed by atoms with van der Waals surface area (Å²) in [6.07, 6.45) is 7.74. The second-order valence-corrected chi connectivity index (χ2v) is 6.88. The molecule has 0 aromatic heterocycles. The van der Waals surface area contributed by atoms with Crippen LogP contribution in [0.15, 0.2) is 29.3 Å². The summed E-state index contributed by atoms with van der Waals surface area (Å²) in [4.78, 5) is 4.29. The minimum absolute atomic E-state index is 0.160. The fourth-order valence-electron chi connectivity index (χ4n) is 2.87. The van der Waals surface area contributed by atoms with Crippen molar-refractivity contribution in [2.75, 3.05) is 19.8 Å². The molecule has 0 radical (unpaired) electrons. The lowest BCUT2D eigenvalue weighted by Crippen LogP contribution is -2.42. The first-order chi connectivity index (χ1) is 10.7. The molecule has 0 heterocycles. The van der Waals surface area contributed by atoms with Crippen LogP contribution in [0.2, 0.25) is 0 Å². The van der Waals surface area contributed by atoms with E-state index >= 15 is 0 Å². The highest BCUT2D eigenvalue weighted by Crippen LogP contribution is 2.27. The molecule has 2 N–H and O–H groups in total. The maximum absolute atomic E-state index is 13.1. The minimum atomic E-state index is -0.160. The maximum Gasteiger partial charge on any atom is 0.191 e. The normalized spacial score (nSPS) is 21.9. The quantitative estimate of drug-likeness (QED) is 0.479. The molecule has 1 aromatic carbocycles. The van der Waals surface area contributed by atoms with E-state index in [1.807, 2.05) is 24.9 Å². The molecule has 1 aliphatic carbocycles. The van der Waals surface area contributed by atoms with Gasteiger partial charge in [0.25, 0.3) is 0 Å². The largest absolute Gasteiger partial charge is 0.356 e. The van der Waals surface area contributed by atoms with Crippen LogP contribution in [0.25, 0.3) is 0 Å². The van der Waals surface area contributed by atoms with Crippen molar-refractivity contribution in [2.24, 2.45) is 4.99 Å². The predicted octanol–water partition coefficient (Wildman–Crippen LogP) is 3.21. The first-order valence-electron chi connectivity index (χ1n) is 7.95. The Balaban J connectivity index is 1.66. The Morgan fingerprint density at radius 2 is 2.27 bits per heavy atom. The van der Waals surface area contributed by atoms with E-state index in [1.165, 1.54) is 25.3 Å². The van der Waals surface area contributed by atoms with Gasteiger partial charge in [-0.1, -0.05) is 12.1 Å². The van der Waals surface area contributed by atoms with Gasteiger partial charge in [0.15, 0.2) is 5.96 Å². The SMILES string of the molecule is CN=C(NCCCc1cccc(F)c1)NC1CCC(SC)C1. The molecule has 0 spiro atoms. The Kier molecular flexibility index (Phi) is 7.03. The van der Waals surface area contributed by atoms with Crippen LogP contribution in [-0.2, 0) is 6.42 Å². The van der Waals surface area contributed by atoms with Crippen molar-refractivity contribution in [3.05, 3.63) is 35.6 Å². The molecule has 0 saturated heterocycles. The first kappa shape index (κ1) is 17.1. The van der Waals surface area contributed by atoms with Crippen LogP contribution in [0, 0.1) is 5.82 Å². The Morgan fingerprint density at radius 1 is 1.41 bits per heavy atom. The molecule has 1 aliphatic rings. The van der Waals surface area contributed by atoms with Crippen molar-refractivity contribution >= 4 is 17.7 Å². The van der Waals surface area contributed by atoms with Crippen molar-refractivity contribution in [1.82, 2.24) is 10.6 Å². The smallest absolute Gasteiger partial charge is 0.191 e. The van der Waals surface area contributed by atoms with Gasteiger partial charge in [-0.25, -0.2) is 4.39 Å². The highest BCUT2D eigenvalue weighted by molar-refractivity contribution is 7.99. The number of guanidine groups is 1. The molecule has 122 valence electrons. The molecule has 0 amide bonds. The molecule has 22 heavy (non-hydrogen) atoms. The summed E-state index contributed by atoms with van der Waals surface area (Å²) in [6.45, 7) is 0.842. The number of benzene rings is 1. The van der Waals surface area contributed by atoms with Gasteiger partial charge in [-0.05, 0) is 56.1 Å². The third-order valence-corrected chi connectivity index (χ3v) is 5.20. The Labute approximate surface area is 137 Å². The number of aliphatic imine (C=N–C) groups is 1. The number of thioether (sulfide) groups is 1. The first-order valence-corrected chi connectivity index (χ1v) is 9.24. The lowest BCUT2D eigenvalue weighted by molar-refractivity contribution is 0.610. The molecule has 2 atom stereocenters. The van der Waals surface area contributed by atoms with E-state index in [0.29, 0.717) is 6.04 Å². The van der Waals surface area contributed by atoms with E-state index in [1.54, 1.807) is 12.1 Å². The van der Waals surface area contributed by atoms with Gasteiger partial charge in [0.1, 0.15) is 5.82 Å². The molecule has 5 heteroatoms. The topological polar surface area (TPSA) is 36.4 Å². The van der Waals surface area contributed by atoms with Gasteiger partial charge in [-0.2, -0.15) is 11.8 Å². The molecule has 2 unspecified atom stereocenters. The van der Waals surface area contributed by atoms with Crippen molar-refractivity contribution < 1.29 is 4.39 Å². The molecule has 0 bridgehead atoms. The number of rotatable bonds is 6. The Bertz CT molecular complexity index is 493. The molecule has 1 aromatic rings. The van der Waals surface area contributed by atoms with Gasteiger partial charge in [0, 0.05) is 24.9 Å². The summed E-state index contributed by atoms with van der Waals surface area (Å²) in [5, 5.41) is 7.64. The van der Waals surface area contributed by atoms with Gasteiger partial charge >= 0.3 is 0 Å². The van der Waals surface area contributed by atoms with Crippen molar-refractivity contribution in [1.29, 1.82) is 0 Å². The van der Waals surface area contributed by atoms with Crippen LogP contribution in [0.3, 0.4) is 0 Å². The van der Waals surface area contributed by atoms with E-state index in [2.05, 4.69) is 21.9 Å². The molecular formula is C17H26FN3S. The summed E-state index contributed by atoms with van der Waals surface area (Å²) in [7, 11) is 1.81. The highest BCUT2D eigenvalue weighted by Gasteiger charge is 2.24. The Morgan fingerprint density at radius 3 is 2.95 bits per heavy atom. The predicted molar refractivity (Wildman–Crippen MR) is 94.2 cm³/mol. The second kappa shape index (κ2) is 9.03. The van der Waals surface area contributed by atoms with E-state index in [9.17, 15) is 4.39 Å². The van der Waals surface area contributed by atoms with Crippen LogP contribution < -0.4 is 10.6 Å². The third-order valence-electron chi connectivity index (χ3n) is 4.11. The van der Waals surface area contributed by atoms with Crippen molar-refractivity contribution in [3.63, 3.8) is 0 Å². The summed E-state index contributed by atoms with van der Waals surface area (Å²) in [5.41, 5.74) is 1.04. The summed E-state index contributed by atoms with van der Waals surface area (Å²) in [6, 6.07) is 7.36. The van der Waals surface area contributed by atoms with Crippen LogP contribution in [0.4, 0.5) is 4.39 Å². The van der Waals surface area contributed by atoms with Crippen LogP contribution in [-0.4, -0.2) is 37.1 Å². The number of hydrogen-bond acceptors (Lipinski definition) is 2. The van der Waals surface area contributed by atoms with Gasteiger partial charge in [0.2, 0.25) is 0 Å². The molecular weight excluding hydrogens is 297 g/mol. The number of aryl methyl sites for hydroxylation is 1. The molecule has 1 fully saturated rings. The standard InChI is InChI=1S/C17H26FN3S/c1-19-17(21-15-8-9-16(12-15)22-2)20-10-4-6-13-5-3-7-14(18)11-13/h3,5,7,11,15-16H,4,6,8-10,12H2,1-2H3,(H2,19,20,21). The highest BCUT2D eigenvalue weighted by atomic mass is 32.2. The van der Waals surface area contributed by atoms with Gasteiger partial charge in [0.05, 0.1) is 0 Å². The third kappa shape index (κ3) is 5.52. The lowest BCUT2D eigenvalue weighted by atomic mass is 10.1. The summed E-state index contributed by atoms with van der Waals surface area (Å²) < 4.78 is 13.1. The van der Waals surface area contributed by atoms with Gasteiger partial charge < -0.3 is 10.6 Å². The van der Waals surface area contributed by atoms with E-state index in [0.717, 1.165) is 36.2 Å². The summed E-state index contributed by atoms with van der Waals surface area (Å²) >= 11 is 1.96. The van der Waals surface area contributed by atoms with E-state index in [-0.39, 0.29) is 5.82 Å². The average Bonchev–Trinajstić information content (AvgIpc) is 2.98. The fraction of sp³-hybridized carbons (Fsp3) is 0.588. The van der Waals surface area contributed by atoms with Gasteiger partial charge in [-0.15, -0.1) is 0 Å². The molecule has 3 nitrogen and oxygen atoms in total. The monoisotopic (exact) mass is 323 g/mol. The Hall–Kier alpha value is -1.23. The van der Waals surface area contributed by atoms with Crippen molar-refractivity contribution in [2.45, 2.75) is 43.4 Å². The van der Waals surface area contributed by atoms with E-state index in [4.69, 9.17) is 0 Å². The maximum atomic E-state index is 13.1. The zero-order chi connectivity index (χ0) is 15.8. The average molecular weight is 323 g/mol. The van der Waals surface area contributed by atoms with E-state index < -0.39 is 0 Å². The number of nitrogens with one attached hydrogen (secondary N) is 2. The number of halogens is 1. The summed E-state index contributed by atoms with van der Waals surface area (Å²) in [5.74, 6) is 0.721. The number of hydrogen-bond donors (Lipinski definition) is 2. The van der Waals surface area contributed by atoms with Crippen molar-refractivity contribution in [3.8, 4) is 0 Å². The molecule has 2 rings (SSSR count). The minimum Gasteiger partial charge on any atom is -0.356 e. The zero-order valence-corrected chi connectivity index (χ0v) is 14.3. The zero-order valence-electron chi connectivity index (χ0n) is 13.4. The van der Waals surface area contributed by atoms with Gasteiger partial charge in [-0.3, -0.25) is 4.99 Å².